The Kier molecular flexibility index (Phi) is 9.34. The standard InChI is InChI=1S/C27H33BrFIN4O7/c1-26(2,3)41-25(36)33-11-7-9-27(14-33,24(35)39-5)18-16-12-17(30)19(28)20(29)21(16)31-23(22(18)34(37)38)40-13-15-8-6-10-32(15)4/h12,15H,6-11,13-14H2,1-5H3. The minimum Gasteiger partial charge on any atom is -0.471 e. The Balaban J connectivity index is 1.99. The number of likely N-dealkylation sites (N-methyl/N-ethyl adjacent to an activating group) is 1. The van der Waals surface area contributed by atoms with Gasteiger partial charge < -0.3 is 24.0 Å². The van der Waals surface area contributed by atoms with Crippen molar-refractivity contribution in [2.45, 2.75) is 63.5 Å². The number of esters is 1. The van der Waals surface area contributed by atoms with E-state index in [1.54, 1.807) is 26.8 Å². The molecule has 0 bridgehead atoms. The molecule has 11 nitrogen and oxygen atoms in total. The first-order chi connectivity index (χ1) is 19.2. The van der Waals surface area contributed by atoms with Crippen molar-refractivity contribution in [3.63, 3.8) is 0 Å². The quantitative estimate of drug-likeness (QED) is 0.123. The van der Waals surface area contributed by atoms with E-state index >= 15 is 4.39 Å². The summed E-state index contributed by atoms with van der Waals surface area (Å²) in [4.78, 5) is 46.7. The summed E-state index contributed by atoms with van der Waals surface area (Å²) < 4.78 is 33.1. The Morgan fingerprint density at radius 1 is 1.32 bits per heavy atom. The number of fused-ring (bicyclic) bond motifs is 1. The first-order valence-corrected chi connectivity index (χ1v) is 15.1. The summed E-state index contributed by atoms with van der Waals surface area (Å²) in [7, 11) is 3.12. The third kappa shape index (κ3) is 6.24. The van der Waals surface area contributed by atoms with Gasteiger partial charge in [-0.2, -0.15) is 0 Å². The van der Waals surface area contributed by atoms with Gasteiger partial charge in [-0.05, 0) is 105 Å². The van der Waals surface area contributed by atoms with Crippen LogP contribution in [0.25, 0.3) is 10.9 Å². The monoisotopic (exact) mass is 750 g/mol. The summed E-state index contributed by atoms with van der Waals surface area (Å²) in [6.07, 6.45) is 1.54. The van der Waals surface area contributed by atoms with E-state index in [0.29, 0.717) is 9.99 Å². The molecule has 224 valence electrons. The number of hydrogen-bond donors (Lipinski definition) is 0. The summed E-state index contributed by atoms with van der Waals surface area (Å²) in [6, 6.07) is 1.54. The number of hydrogen-bond acceptors (Lipinski definition) is 9. The molecular formula is C27H33BrFIN4O7. The molecule has 4 rings (SSSR count). The van der Waals surface area contributed by atoms with E-state index in [9.17, 15) is 19.7 Å². The van der Waals surface area contributed by atoms with Crippen LogP contribution in [0.15, 0.2) is 10.5 Å². The maximum atomic E-state index is 15.8. The van der Waals surface area contributed by atoms with Crippen molar-refractivity contribution in [1.29, 1.82) is 0 Å². The Labute approximate surface area is 259 Å². The zero-order chi connectivity index (χ0) is 30.3. The molecule has 2 unspecified atom stereocenters. The van der Waals surface area contributed by atoms with Gasteiger partial charge in [-0.15, -0.1) is 0 Å². The van der Waals surface area contributed by atoms with E-state index < -0.39 is 39.5 Å². The van der Waals surface area contributed by atoms with Crippen molar-refractivity contribution in [3.8, 4) is 5.88 Å². The number of amides is 1. The van der Waals surface area contributed by atoms with Gasteiger partial charge in [0.15, 0.2) is 5.82 Å². The number of nitrogens with zero attached hydrogens (tertiary/aromatic N) is 4. The number of ether oxygens (including phenoxy) is 3. The third-order valence-electron chi connectivity index (χ3n) is 7.52. The first kappa shape index (κ1) is 31.6. The lowest BCUT2D eigenvalue weighted by atomic mass is 9.72. The molecule has 2 aliphatic heterocycles. The highest BCUT2D eigenvalue weighted by atomic mass is 127. The molecule has 0 N–H and O–H groups in total. The van der Waals surface area contributed by atoms with Crippen LogP contribution in [-0.2, 0) is 19.7 Å². The summed E-state index contributed by atoms with van der Waals surface area (Å²) >= 11 is 5.15. The molecule has 0 saturated carbocycles. The smallest absolute Gasteiger partial charge is 0.410 e. The molecule has 0 radical (unpaired) electrons. The fraction of sp³-hybridized carbons (Fsp3) is 0.593. The van der Waals surface area contributed by atoms with Crippen molar-refractivity contribution >= 4 is 67.2 Å². The maximum Gasteiger partial charge on any atom is 0.410 e. The molecule has 1 amide bonds. The van der Waals surface area contributed by atoms with Gasteiger partial charge in [0.25, 0.3) is 5.88 Å². The van der Waals surface area contributed by atoms with E-state index in [0.717, 1.165) is 19.4 Å². The van der Waals surface area contributed by atoms with Gasteiger partial charge in [0.05, 0.1) is 22.1 Å². The van der Waals surface area contributed by atoms with Crippen LogP contribution in [0.4, 0.5) is 14.9 Å². The molecule has 14 heteroatoms. The second kappa shape index (κ2) is 12.1. The molecule has 2 fully saturated rings. The van der Waals surface area contributed by atoms with Gasteiger partial charge in [0.1, 0.15) is 23.1 Å². The molecule has 2 atom stereocenters. The van der Waals surface area contributed by atoms with Crippen molar-refractivity contribution in [2.24, 2.45) is 0 Å². The lowest BCUT2D eigenvalue weighted by molar-refractivity contribution is -0.387. The van der Waals surface area contributed by atoms with Crippen LogP contribution in [-0.4, -0.2) is 83.8 Å². The Morgan fingerprint density at radius 2 is 2.02 bits per heavy atom. The summed E-state index contributed by atoms with van der Waals surface area (Å²) in [5.41, 5.74) is -3.36. The number of nitro groups is 1. The largest absolute Gasteiger partial charge is 0.471 e. The Morgan fingerprint density at radius 3 is 2.61 bits per heavy atom. The van der Waals surface area contributed by atoms with Crippen LogP contribution < -0.4 is 4.74 Å². The number of pyridine rings is 1. The lowest BCUT2D eigenvalue weighted by Gasteiger charge is -2.41. The van der Waals surface area contributed by atoms with Crippen LogP contribution >= 0.6 is 38.5 Å². The van der Waals surface area contributed by atoms with E-state index in [1.807, 2.05) is 29.6 Å². The Hall–Kier alpha value is -2.33. The second-order valence-corrected chi connectivity index (χ2v) is 13.4. The molecular weight excluding hydrogens is 718 g/mol. The molecule has 2 aromatic rings. The number of rotatable bonds is 6. The maximum absolute atomic E-state index is 15.8. The number of benzene rings is 1. The number of piperidine rings is 1. The third-order valence-corrected chi connectivity index (χ3v) is 9.89. The van der Waals surface area contributed by atoms with Crippen LogP contribution in [0.1, 0.15) is 52.0 Å². The second-order valence-electron chi connectivity index (χ2n) is 11.4. The van der Waals surface area contributed by atoms with Gasteiger partial charge in [-0.1, -0.05) is 0 Å². The molecule has 2 aliphatic rings. The fourth-order valence-corrected chi connectivity index (χ4v) is 6.45. The predicted molar refractivity (Wildman–Crippen MR) is 161 cm³/mol. The summed E-state index contributed by atoms with van der Waals surface area (Å²) in [5.74, 6) is -1.92. The minimum absolute atomic E-state index is 0.00392. The first-order valence-electron chi connectivity index (χ1n) is 13.3. The Bertz CT molecular complexity index is 1390. The molecule has 2 saturated heterocycles. The van der Waals surface area contributed by atoms with Crippen molar-refractivity contribution in [2.75, 3.05) is 40.4 Å². The van der Waals surface area contributed by atoms with Gasteiger partial charge in [0.2, 0.25) is 0 Å². The molecule has 1 aromatic carbocycles. The molecule has 1 aromatic heterocycles. The zero-order valence-electron chi connectivity index (χ0n) is 23.6. The average molecular weight is 751 g/mol. The number of carbonyl (C=O) groups excluding carboxylic acids is 2. The lowest BCUT2D eigenvalue weighted by Crippen LogP contribution is -2.54. The molecule has 41 heavy (non-hydrogen) atoms. The number of carbonyl (C=O) groups is 2. The van der Waals surface area contributed by atoms with E-state index in [2.05, 4.69) is 25.8 Å². The fourth-order valence-electron chi connectivity index (χ4n) is 5.60. The van der Waals surface area contributed by atoms with Gasteiger partial charge >= 0.3 is 17.7 Å². The normalized spacial score (nSPS) is 21.7. The van der Waals surface area contributed by atoms with Crippen LogP contribution in [0.3, 0.4) is 0 Å². The van der Waals surface area contributed by atoms with Crippen LogP contribution in [0.5, 0.6) is 5.88 Å². The van der Waals surface area contributed by atoms with E-state index in [4.69, 9.17) is 14.2 Å². The van der Waals surface area contributed by atoms with Crippen LogP contribution in [0, 0.1) is 19.5 Å². The predicted octanol–water partition coefficient (Wildman–Crippen LogP) is 5.56. The SMILES string of the molecule is COC(=O)C1(c2c([N+](=O)[O-])c(OCC3CCCN3C)nc3c(F)c(Br)c(I)cc23)CCCN(C(=O)OC(C)(C)C)C1. The summed E-state index contributed by atoms with van der Waals surface area (Å²) in [5, 5.41) is 12.9. The molecule has 0 aliphatic carbocycles. The highest BCUT2D eigenvalue weighted by Gasteiger charge is 2.52. The number of aromatic nitrogens is 1. The minimum atomic E-state index is -1.72. The van der Waals surface area contributed by atoms with Gasteiger partial charge in [0, 0.05) is 28.1 Å². The number of halogens is 3. The van der Waals surface area contributed by atoms with Crippen molar-refractivity contribution in [3.05, 3.63) is 35.6 Å². The highest BCUT2D eigenvalue weighted by molar-refractivity contribution is 14.1. The number of methoxy groups -OCH3 is 1. The molecule has 3 heterocycles. The van der Waals surface area contributed by atoms with E-state index in [-0.39, 0.29) is 59.0 Å². The molecule has 0 spiro atoms. The summed E-state index contributed by atoms with van der Waals surface area (Å²) in [6.45, 7) is 6.11. The highest BCUT2D eigenvalue weighted by Crippen LogP contribution is 2.48. The van der Waals surface area contributed by atoms with Crippen molar-refractivity contribution < 1.29 is 33.1 Å². The topological polar surface area (TPSA) is 124 Å². The zero-order valence-corrected chi connectivity index (χ0v) is 27.3. The van der Waals surface area contributed by atoms with E-state index in [1.165, 1.54) is 12.0 Å². The van der Waals surface area contributed by atoms with Gasteiger partial charge in [-0.25, -0.2) is 14.2 Å². The van der Waals surface area contributed by atoms with Crippen molar-refractivity contribution in [1.82, 2.24) is 14.8 Å². The number of likely N-dealkylation sites (tertiary alicyclic amines) is 2. The van der Waals surface area contributed by atoms with Gasteiger partial charge in [-0.3, -0.25) is 14.9 Å². The average Bonchev–Trinajstić information content (AvgIpc) is 3.32. The van der Waals surface area contributed by atoms with Crippen LogP contribution in [0.2, 0.25) is 0 Å².